The molecule has 144 valence electrons. The molecule has 0 aliphatic carbocycles. The molecule has 2 aromatic carbocycles. The highest BCUT2D eigenvalue weighted by atomic mass is 16.5. The van der Waals surface area contributed by atoms with Crippen molar-refractivity contribution >= 4 is 16.9 Å². The summed E-state index contributed by atoms with van der Waals surface area (Å²) >= 11 is 0. The van der Waals surface area contributed by atoms with Gasteiger partial charge in [-0.05, 0) is 24.6 Å². The Morgan fingerprint density at radius 2 is 1.82 bits per heavy atom. The van der Waals surface area contributed by atoms with Crippen LogP contribution in [-0.4, -0.2) is 53.6 Å². The van der Waals surface area contributed by atoms with Crippen LogP contribution < -0.4 is 5.32 Å². The average Bonchev–Trinajstić information content (AvgIpc) is 2.75. The van der Waals surface area contributed by atoms with Crippen LogP contribution in [0.15, 0.2) is 54.7 Å². The summed E-state index contributed by atoms with van der Waals surface area (Å²) in [5.41, 5.74) is 4.25. The van der Waals surface area contributed by atoms with E-state index in [1.165, 1.54) is 17.3 Å². The lowest BCUT2D eigenvalue weighted by Gasteiger charge is -2.35. The van der Waals surface area contributed by atoms with Crippen LogP contribution in [0.3, 0.4) is 0 Å². The molecule has 1 saturated heterocycles. The molecule has 0 saturated carbocycles. The first-order chi connectivity index (χ1) is 13.7. The monoisotopic (exact) mass is 376 g/mol. The van der Waals surface area contributed by atoms with Crippen LogP contribution in [0.5, 0.6) is 0 Å². The van der Waals surface area contributed by atoms with Crippen LogP contribution in [-0.2, 0) is 4.74 Å². The molecule has 1 aliphatic heterocycles. The summed E-state index contributed by atoms with van der Waals surface area (Å²) in [5, 5.41) is 3.05. The maximum atomic E-state index is 12.7. The number of aryl methyl sites for hydroxylation is 1. The quantitative estimate of drug-likeness (QED) is 0.742. The van der Waals surface area contributed by atoms with E-state index < -0.39 is 0 Å². The standard InChI is InChI=1S/C22H24N4O2/c1-16-6-8-17(9-7-16)21(26-10-12-28-13-11-26)15-24-22(27)20-14-23-18-4-2-3-5-19(18)25-20/h2-9,14,21H,10-13,15H2,1H3,(H,24,27). The lowest BCUT2D eigenvalue weighted by molar-refractivity contribution is 0.0162. The molecule has 4 rings (SSSR count). The van der Waals surface area contributed by atoms with Gasteiger partial charge in [-0.15, -0.1) is 0 Å². The Labute approximate surface area is 164 Å². The Balaban J connectivity index is 1.50. The van der Waals surface area contributed by atoms with Crippen LogP contribution >= 0.6 is 0 Å². The predicted molar refractivity (Wildman–Crippen MR) is 108 cm³/mol. The van der Waals surface area contributed by atoms with Crippen molar-refractivity contribution in [1.29, 1.82) is 0 Å². The molecular formula is C22H24N4O2. The molecule has 0 radical (unpaired) electrons. The van der Waals surface area contributed by atoms with Crippen molar-refractivity contribution < 1.29 is 9.53 Å². The predicted octanol–water partition coefficient (Wildman–Crippen LogP) is 2.74. The van der Waals surface area contributed by atoms with Crippen molar-refractivity contribution in [1.82, 2.24) is 20.2 Å². The van der Waals surface area contributed by atoms with E-state index in [1.54, 1.807) is 0 Å². The van der Waals surface area contributed by atoms with Gasteiger partial charge >= 0.3 is 0 Å². The van der Waals surface area contributed by atoms with Gasteiger partial charge in [0.15, 0.2) is 0 Å². The van der Waals surface area contributed by atoms with Gasteiger partial charge in [0.1, 0.15) is 5.69 Å². The third-order valence-electron chi connectivity index (χ3n) is 5.09. The first kappa shape index (κ1) is 18.5. The summed E-state index contributed by atoms with van der Waals surface area (Å²) in [5.74, 6) is -0.205. The van der Waals surface area contributed by atoms with Crippen molar-refractivity contribution in [2.45, 2.75) is 13.0 Å². The smallest absolute Gasteiger partial charge is 0.271 e. The molecule has 2 heterocycles. The number of nitrogens with zero attached hydrogens (tertiary/aromatic N) is 3. The van der Waals surface area contributed by atoms with Crippen molar-refractivity contribution in [3.63, 3.8) is 0 Å². The van der Waals surface area contributed by atoms with E-state index in [2.05, 4.69) is 51.4 Å². The minimum atomic E-state index is -0.205. The van der Waals surface area contributed by atoms with Crippen LogP contribution in [0, 0.1) is 6.92 Å². The summed E-state index contributed by atoms with van der Waals surface area (Å²) in [4.78, 5) is 23.8. The zero-order valence-corrected chi connectivity index (χ0v) is 16.0. The molecule has 1 aromatic heterocycles. The van der Waals surface area contributed by atoms with E-state index in [0.29, 0.717) is 25.5 Å². The maximum absolute atomic E-state index is 12.7. The van der Waals surface area contributed by atoms with Gasteiger partial charge in [-0.2, -0.15) is 0 Å². The molecule has 28 heavy (non-hydrogen) atoms. The number of ether oxygens (including phenoxy) is 1. The van der Waals surface area contributed by atoms with Gasteiger partial charge in [0.2, 0.25) is 0 Å². The highest BCUT2D eigenvalue weighted by Crippen LogP contribution is 2.22. The molecule has 0 spiro atoms. The molecule has 6 nitrogen and oxygen atoms in total. The number of hydrogen-bond acceptors (Lipinski definition) is 5. The van der Waals surface area contributed by atoms with Crippen LogP contribution in [0.1, 0.15) is 27.7 Å². The summed E-state index contributed by atoms with van der Waals surface area (Å²) < 4.78 is 5.49. The minimum Gasteiger partial charge on any atom is -0.379 e. The second-order valence-electron chi connectivity index (χ2n) is 7.03. The Morgan fingerprint density at radius 3 is 2.57 bits per heavy atom. The maximum Gasteiger partial charge on any atom is 0.271 e. The van der Waals surface area contributed by atoms with E-state index in [0.717, 1.165) is 24.1 Å². The number of nitrogens with one attached hydrogen (secondary N) is 1. The van der Waals surface area contributed by atoms with Gasteiger partial charge in [-0.1, -0.05) is 42.0 Å². The fourth-order valence-corrected chi connectivity index (χ4v) is 3.48. The Bertz CT molecular complexity index is 952. The first-order valence-electron chi connectivity index (χ1n) is 9.59. The SMILES string of the molecule is Cc1ccc(C(CNC(=O)c2cnc3ccccc3n2)N2CCOCC2)cc1. The molecular weight excluding hydrogens is 352 g/mol. The van der Waals surface area contributed by atoms with Crippen molar-refractivity contribution in [3.8, 4) is 0 Å². The molecule has 3 aromatic rings. The Hall–Kier alpha value is -2.83. The number of aromatic nitrogens is 2. The van der Waals surface area contributed by atoms with Crippen molar-refractivity contribution in [2.24, 2.45) is 0 Å². The molecule has 0 bridgehead atoms. The molecule has 1 N–H and O–H groups in total. The minimum absolute atomic E-state index is 0.0989. The van der Waals surface area contributed by atoms with Crippen LogP contribution in [0.2, 0.25) is 0 Å². The molecule has 1 amide bonds. The topological polar surface area (TPSA) is 67.4 Å². The highest BCUT2D eigenvalue weighted by molar-refractivity contribution is 5.93. The zero-order valence-electron chi connectivity index (χ0n) is 16.0. The normalized spacial score (nSPS) is 16.0. The summed E-state index contributed by atoms with van der Waals surface area (Å²) in [6.07, 6.45) is 1.54. The second-order valence-corrected chi connectivity index (χ2v) is 7.03. The zero-order chi connectivity index (χ0) is 19.3. The van der Waals surface area contributed by atoms with Crippen LogP contribution in [0.25, 0.3) is 11.0 Å². The number of rotatable bonds is 5. The van der Waals surface area contributed by atoms with Gasteiger partial charge in [-0.25, -0.2) is 4.98 Å². The van der Waals surface area contributed by atoms with E-state index in [9.17, 15) is 4.79 Å². The summed E-state index contributed by atoms with van der Waals surface area (Å²) in [6.45, 7) is 5.72. The lowest BCUT2D eigenvalue weighted by Crippen LogP contribution is -2.44. The number of hydrogen-bond donors (Lipinski definition) is 1. The van der Waals surface area contributed by atoms with Gasteiger partial charge in [-0.3, -0.25) is 14.7 Å². The lowest BCUT2D eigenvalue weighted by atomic mass is 10.0. The number of benzene rings is 2. The average molecular weight is 376 g/mol. The van der Waals surface area contributed by atoms with Crippen LogP contribution in [0.4, 0.5) is 0 Å². The Kier molecular flexibility index (Phi) is 5.60. The fraction of sp³-hybridized carbons (Fsp3) is 0.318. The molecule has 1 fully saturated rings. The van der Waals surface area contributed by atoms with Gasteiger partial charge in [0.05, 0.1) is 36.5 Å². The largest absolute Gasteiger partial charge is 0.379 e. The fourth-order valence-electron chi connectivity index (χ4n) is 3.48. The molecule has 1 atom stereocenters. The molecule has 1 aliphatic rings. The highest BCUT2D eigenvalue weighted by Gasteiger charge is 2.23. The Morgan fingerprint density at radius 1 is 1.11 bits per heavy atom. The van der Waals surface area contributed by atoms with E-state index in [1.807, 2.05) is 24.3 Å². The third kappa shape index (κ3) is 4.18. The van der Waals surface area contributed by atoms with Gasteiger partial charge in [0.25, 0.3) is 5.91 Å². The molecule has 1 unspecified atom stereocenters. The number of morpholine rings is 1. The molecule has 6 heteroatoms. The summed E-state index contributed by atoms with van der Waals surface area (Å²) in [6, 6.07) is 16.1. The van der Waals surface area contributed by atoms with Gasteiger partial charge in [0, 0.05) is 19.6 Å². The number of para-hydroxylation sites is 2. The number of amides is 1. The summed E-state index contributed by atoms with van der Waals surface area (Å²) in [7, 11) is 0. The third-order valence-corrected chi connectivity index (χ3v) is 5.09. The van der Waals surface area contributed by atoms with E-state index >= 15 is 0 Å². The first-order valence-corrected chi connectivity index (χ1v) is 9.59. The van der Waals surface area contributed by atoms with E-state index in [4.69, 9.17) is 4.74 Å². The van der Waals surface area contributed by atoms with Crippen molar-refractivity contribution in [3.05, 3.63) is 71.5 Å². The number of carbonyl (C=O) groups excluding carboxylic acids is 1. The number of fused-ring (bicyclic) bond motifs is 1. The van der Waals surface area contributed by atoms with Crippen molar-refractivity contribution in [2.75, 3.05) is 32.8 Å². The van der Waals surface area contributed by atoms with Gasteiger partial charge < -0.3 is 10.1 Å². The second kappa shape index (κ2) is 8.46. The number of carbonyl (C=O) groups is 1. The van der Waals surface area contributed by atoms with E-state index in [-0.39, 0.29) is 11.9 Å².